The van der Waals surface area contributed by atoms with Gasteiger partial charge in [-0.25, -0.2) is 9.50 Å². The molecule has 5 rings (SSSR count). The van der Waals surface area contributed by atoms with E-state index in [-0.39, 0.29) is 17.9 Å². The van der Waals surface area contributed by atoms with Gasteiger partial charge in [-0.3, -0.25) is 14.7 Å². The van der Waals surface area contributed by atoms with Crippen LogP contribution in [0.4, 0.5) is 5.69 Å². The highest BCUT2D eigenvalue weighted by Crippen LogP contribution is 2.26. The summed E-state index contributed by atoms with van der Waals surface area (Å²) in [5.41, 5.74) is 5.38. The van der Waals surface area contributed by atoms with E-state index >= 15 is 0 Å². The minimum atomic E-state index is -0.209. The van der Waals surface area contributed by atoms with Crippen LogP contribution in [-0.4, -0.2) is 51.6 Å². The van der Waals surface area contributed by atoms with Gasteiger partial charge in [-0.05, 0) is 31.5 Å². The van der Waals surface area contributed by atoms with Crippen molar-refractivity contribution >= 4 is 17.2 Å². The van der Waals surface area contributed by atoms with Gasteiger partial charge in [0.15, 0.2) is 5.65 Å². The van der Waals surface area contributed by atoms with Crippen LogP contribution in [0, 0.1) is 13.8 Å². The van der Waals surface area contributed by atoms with Gasteiger partial charge in [-0.15, -0.1) is 0 Å². The molecule has 3 heterocycles. The van der Waals surface area contributed by atoms with Crippen molar-refractivity contribution in [2.75, 3.05) is 31.1 Å². The van der Waals surface area contributed by atoms with Gasteiger partial charge in [0.25, 0.3) is 5.56 Å². The van der Waals surface area contributed by atoms with Gasteiger partial charge < -0.3 is 9.80 Å². The van der Waals surface area contributed by atoms with Gasteiger partial charge in [-0.2, -0.15) is 0 Å². The number of H-pyrrole nitrogens is 1. The number of hydrogen-bond acceptors (Lipinski definition) is 4. The second-order valence-electron chi connectivity index (χ2n) is 8.50. The molecule has 4 aromatic rings. The third kappa shape index (κ3) is 3.91. The molecule has 33 heavy (non-hydrogen) atoms. The van der Waals surface area contributed by atoms with Gasteiger partial charge in [0.05, 0.1) is 6.42 Å². The van der Waals surface area contributed by atoms with Crippen molar-refractivity contribution in [3.8, 4) is 11.1 Å². The molecule has 168 valence electrons. The number of benzene rings is 2. The van der Waals surface area contributed by atoms with Crippen molar-refractivity contribution in [1.29, 1.82) is 0 Å². The maximum Gasteiger partial charge on any atom is 0.276 e. The van der Waals surface area contributed by atoms with E-state index in [9.17, 15) is 9.59 Å². The number of aryl methyl sites for hydroxylation is 2. The summed E-state index contributed by atoms with van der Waals surface area (Å²) >= 11 is 0. The van der Waals surface area contributed by atoms with Crippen molar-refractivity contribution in [3.05, 3.63) is 88.0 Å². The van der Waals surface area contributed by atoms with E-state index in [0.29, 0.717) is 30.0 Å². The van der Waals surface area contributed by atoms with E-state index < -0.39 is 0 Å². The van der Waals surface area contributed by atoms with Gasteiger partial charge >= 0.3 is 0 Å². The predicted molar refractivity (Wildman–Crippen MR) is 130 cm³/mol. The van der Waals surface area contributed by atoms with E-state index in [0.717, 1.165) is 29.9 Å². The minimum absolute atomic E-state index is 0.0313. The van der Waals surface area contributed by atoms with Crippen LogP contribution in [0.3, 0.4) is 0 Å². The van der Waals surface area contributed by atoms with E-state index in [1.54, 1.807) is 0 Å². The molecule has 1 fully saturated rings. The molecule has 0 bridgehead atoms. The Labute approximate surface area is 192 Å². The highest BCUT2D eigenvalue weighted by molar-refractivity contribution is 5.81. The maximum absolute atomic E-state index is 13.3. The number of amides is 1. The first-order valence-corrected chi connectivity index (χ1v) is 11.3. The van der Waals surface area contributed by atoms with Crippen LogP contribution >= 0.6 is 0 Å². The van der Waals surface area contributed by atoms with Crippen LogP contribution in [0.2, 0.25) is 0 Å². The number of piperazine rings is 1. The van der Waals surface area contributed by atoms with Gasteiger partial charge in [0, 0.05) is 54.4 Å². The molecule has 1 aliphatic rings. The predicted octanol–water partition coefficient (Wildman–Crippen LogP) is 3.20. The molecule has 1 aliphatic heterocycles. The quantitative estimate of drug-likeness (QED) is 0.528. The van der Waals surface area contributed by atoms with Crippen LogP contribution in [0.25, 0.3) is 16.8 Å². The Hall–Kier alpha value is -3.87. The number of nitrogens with one attached hydrogen (secondary N) is 1. The van der Waals surface area contributed by atoms with E-state index in [4.69, 9.17) is 4.98 Å². The number of carbonyl (C=O) groups is 1. The molecule has 2 aromatic heterocycles. The molecule has 0 unspecified atom stereocenters. The second kappa shape index (κ2) is 8.58. The topological polar surface area (TPSA) is 73.7 Å². The van der Waals surface area contributed by atoms with Gasteiger partial charge in [0.1, 0.15) is 0 Å². The van der Waals surface area contributed by atoms with Crippen LogP contribution in [-0.2, 0) is 11.2 Å². The smallest absolute Gasteiger partial charge is 0.276 e. The lowest BCUT2D eigenvalue weighted by Crippen LogP contribution is -2.49. The lowest BCUT2D eigenvalue weighted by atomic mass is 10.1. The minimum Gasteiger partial charge on any atom is -0.368 e. The van der Waals surface area contributed by atoms with Crippen LogP contribution < -0.4 is 10.5 Å². The monoisotopic (exact) mass is 441 g/mol. The number of hydrogen-bond donors (Lipinski definition) is 1. The molecule has 7 heteroatoms. The van der Waals surface area contributed by atoms with Crippen LogP contribution in [0.5, 0.6) is 0 Å². The number of carbonyl (C=O) groups excluding carboxylic acids is 1. The first kappa shape index (κ1) is 21.0. The van der Waals surface area contributed by atoms with E-state index in [1.165, 1.54) is 10.2 Å². The molecule has 2 aromatic carbocycles. The Morgan fingerprint density at radius 3 is 2.24 bits per heavy atom. The highest BCUT2D eigenvalue weighted by Gasteiger charge is 2.24. The average molecular weight is 442 g/mol. The number of fused-ring (bicyclic) bond motifs is 1. The highest BCUT2D eigenvalue weighted by atomic mass is 16.2. The fraction of sp³-hybridized carbons (Fsp3) is 0.269. The summed E-state index contributed by atoms with van der Waals surface area (Å²) in [7, 11) is 0. The molecule has 7 nitrogen and oxygen atoms in total. The molecular formula is C26H27N5O2. The summed E-state index contributed by atoms with van der Waals surface area (Å²) < 4.78 is 1.47. The fourth-order valence-electron chi connectivity index (χ4n) is 4.59. The largest absolute Gasteiger partial charge is 0.368 e. The van der Waals surface area contributed by atoms with Gasteiger partial charge in [0.2, 0.25) is 5.91 Å². The Bertz CT molecular complexity index is 1350. The van der Waals surface area contributed by atoms with Crippen molar-refractivity contribution in [2.45, 2.75) is 20.3 Å². The molecular weight excluding hydrogens is 414 g/mol. The molecule has 1 N–H and O–H groups in total. The molecule has 0 aliphatic carbocycles. The molecule has 0 radical (unpaired) electrons. The first-order chi connectivity index (χ1) is 16.0. The Morgan fingerprint density at radius 2 is 1.58 bits per heavy atom. The number of aromatic amines is 1. The Balaban J connectivity index is 1.37. The van der Waals surface area contributed by atoms with Crippen LogP contribution in [0.15, 0.2) is 65.5 Å². The van der Waals surface area contributed by atoms with Crippen molar-refractivity contribution in [1.82, 2.24) is 19.5 Å². The third-order valence-electron chi connectivity index (χ3n) is 6.41. The zero-order valence-corrected chi connectivity index (χ0v) is 18.9. The molecule has 0 atom stereocenters. The van der Waals surface area contributed by atoms with Crippen molar-refractivity contribution < 1.29 is 4.79 Å². The van der Waals surface area contributed by atoms with Crippen LogP contribution in [0.1, 0.15) is 17.0 Å². The fourth-order valence-corrected chi connectivity index (χ4v) is 4.59. The second-order valence-corrected chi connectivity index (χ2v) is 8.50. The third-order valence-corrected chi connectivity index (χ3v) is 6.41. The molecule has 0 saturated carbocycles. The lowest BCUT2D eigenvalue weighted by molar-refractivity contribution is -0.130. The van der Waals surface area contributed by atoms with E-state index in [1.807, 2.05) is 67.3 Å². The number of aromatic nitrogens is 3. The summed E-state index contributed by atoms with van der Waals surface area (Å²) in [6.07, 6.45) is 0.0602. The summed E-state index contributed by atoms with van der Waals surface area (Å²) in [5, 5.41) is 3.15. The number of para-hydroxylation sites is 1. The first-order valence-electron chi connectivity index (χ1n) is 11.3. The van der Waals surface area contributed by atoms with Crippen molar-refractivity contribution in [2.24, 2.45) is 0 Å². The summed E-state index contributed by atoms with van der Waals surface area (Å²) in [6.45, 7) is 6.59. The van der Waals surface area contributed by atoms with Crippen molar-refractivity contribution in [3.63, 3.8) is 0 Å². The number of nitrogens with zero attached hydrogens (tertiary/aromatic N) is 4. The molecule has 0 spiro atoms. The molecule has 1 saturated heterocycles. The number of rotatable bonds is 4. The average Bonchev–Trinajstić information content (AvgIpc) is 3.18. The normalized spacial score (nSPS) is 14.1. The zero-order valence-electron chi connectivity index (χ0n) is 18.9. The molecule has 1 amide bonds. The number of anilines is 1. The SMILES string of the molecule is Cc1nc2c(-c3ccccc3)c(C)[nH]n2c(=O)c1CC(=O)N1CCN(c2ccccc2)CC1. The summed E-state index contributed by atoms with van der Waals surface area (Å²) in [5.74, 6) is -0.0313. The lowest BCUT2D eigenvalue weighted by Gasteiger charge is -2.36. The Kier molecular flexibility index (Phi) is 5.46. The standard InChI is InChI=1S/C26H27N5O2/c1-18-22(17-23(32)30-15-13-29(14-16-30)21-11-7-4-8-12-21)26(33)31-25(27-18)24(19(2)28-31)20-9-5-3-6-10-20/h3-12,28H,13-17H2,1-2H3. The summed E-state index contributed by atoms with van der Waals surface area (Å²) in [4.78, 5) is 35.2. The van der Waals surface area contributed by atoms with Gasteiger partial charge in [-0.1, -0.05) is 48.5 Å². The summed E-state index contributed by atoms with van der Waals surface area (Å²) in [6, 6.07) is 20.1. The Morgan fingerprint density at radius 1 is 0.939 bits per heavy atom. The maximum atomic E-state index is 13.3. The zero-order chi connectivity index (χ0) is 22.9. The van der Waals surface area contributed by atoms with E-state index in [2.05, 4.69) is 22.1 Å².